The molecule has 0 atom stereocenters. The number of nitrogens with zero attached hydrogens (tertiary/aromatic N) is 2. The second kappa shape index (κ2) is 10.2. The highest BCUT2D eigenvalue weighted by Crippen LogP contribution is 2.18. The van der Waals surface area contributed by atoms with Gasteiger partial charge in [0.05, 0.1) is 4.90 Å². The second-order valence-corrected chi connectivity index (χ2v) is 9.90. The summed E-state index contributed by atoms with van der Waals surface area (Å²) in [6.45, 7) is 11.7. The molecule has 31 heavy (non-hydrogen) atoms. The van der Waals surface area contributed by atoms with Crippen LogP contribution in [0.1, 0.15) is 41.3 Å². The molecular weight excluding hydrogens is 410 g/mol. The van der Waals surface area contributed by atoms with Crippen molar-refractivity contribution in [3.05, 3.63) is 77.9 Å². The van der Waals surface area contributed by atoms with Crippen molar-refractivity contribution in [1.29, 1.82) is 0 Å². The first kappa shape index (κ1) is 23.2. The van der Waals surface area contributed by atoms with Crippen LogP contribution >= 0.6 is 0 Å². The molecule has 0 radical (unpaired) electrons. The highest BCUT2D eigenvalue weighted by atomic mass is 32.2. The van der Waals surface area contributed by atoms with E-state index in [4.69, 9.17) is 0 Å². The van der Waals surface area contributed by atoms with Crippen LogP contribution in [0.25, 0.3) is 0 Å². The SMILES string of the molecule is C=CCNS(=O)(=O)c1cccc(C(=O)N2CCN(Cc3ccc(C(C)C)cc3)CC2)c1. The largest absolute Gasteiger partial charge is 0.336 e. The Balaban J connectivity index is 1.59. The van der Waals surface area contributed by atoms with Crippen LogP contribution in [0.5, 0.6) is 0 Å². The Kier molecular flexibility index (Phi) is 7.64. The van der Waals surface area contributed by atoms with Gasteiger partial charge in [-0.05, 0) is 35.2 Å². The van der Waals surface area contributed by atoms with Gasteiger partial charge >= 0.3 is 0 Å². The fourth-order valence-electron chi connectivity index (χ4n) is 3.61. The van der Waals surface area contributed by atoms with Crippen molar-refractivity contribution < 1.29 is 13.2 Å². The summed E-state index contributed by atoms with van der Waals surface area (Å²) in [7, 11) is -3.66. The molecule has 1 aliphatic heterocycles. The third kappa shape index (κ3) is 6.03. The van der Waals surface area contributed by atoms with Gasteiger partial charge in [0.2, 0.25) is 10.0 Å². The molecule has 2 aromatic carbocycles. The summed E-state index contributed by atoms with van der Waals surface area (Å²) in [6, 6.07) is 14.9. The lowest BCUT2D eigenvalue weighted by atomic mass is 10.0. The summed E-state index contributed by atoms with van der Waals surface area (Å²) in [4.78, 5) is 17.2. The van der Waals surface area contributed by atoms with Gasteiger partial charge in [0.25, 0.3) is 5.91 Å². The number of hydrogen-bond acceptors (Lipinski definition) is 4. The molecule has 1 heterocycles. The van der Waals surface area contributed by atoms with Crippen LogP contribution in [0.2, 0.25) is 0 Å². The van der Waals surface area contributed by atoms with E-state index in [1.165, 1.54) is 29.3 Å². The number of benzene rings is 2. The number of hydrogen-bond donors (Lipinski definition) is 1. The summed E-state index contributed by atoms with van der Waals surface area (Å²) in [6.07, 6.45) is 1.48. The Morgan fingerprint density at radius 1 is 1.10 bits per heavy atom. The normalized spacial score (nSPS) is 15.3. The first-order valence-electron chi connectivity index (χ1n) is 10.6. The molecule has 3 rings (SSSR count). The molecule has 1 saturated heterocycles. The molecule has 0 aliphatic carbocycles. The maximum Gasteiger partial charge on any atom is 0.253 e. The van der Waals surface area contributed by atoms with E-state index in [-0.39, 0.29) is 17.3 Å². The van der Waals surface area contributed by atoms with E-state index in [1.807, 2.05) is 0 Å². The predicted molar refractivity (Wildman–Crippen MR) is 124 cm³/mol. The van der Waals surface area contributed by atoms with Crippen LogP contribution in [-0.2, 0) is 16.6 Å². The van der Waals surface area contributed by atoms with Crippen LogP contribution in [0.4, 0.5) is 0 Å². The lowest BCUT2D eigenvalue weighted by Crippen LogP contribution is -2.48. The minimum Gasteiger partial charge on any atom is -0.336 e. The van der Waals surface area contributed by atoms with Crippen LogP contribution in [0, 0.1) is 0 Å². The molecule has 0 spiro atoms. The van der Waals surface area contributed by atoms with E-state index in [0.717, 1.165) is 19.6 Å². The molecule has 1 N–H and O–H groups in total. The Bertz CT molecular complexity index is 1010. The maximum atomic E-state index is 12.9. The number of piperazine rings is 1. The molecule has 1 aliphatic rings. The van der Waals surface area contributed by atoms with Crippen molar-refractivity contribution in [2.75, 3.05) is 32.7 Å². The average Bonchev–Trinajstić information content (AvgIpc) is 2.78. The van der Waals surface area contributed by atoms with Gasteiger partial charge in [0.1, 0.15) is 0 Å². The van der Waals surface area contributed by atoms with E-state index in [1.54, 1.807) is 17.0 Å². The van der Waals surface area contributed by atoms with Gasteiger partial charge in [-0.1, -0.05) is 50.3 Å². The number of rotatable bonds is 8. The Morgan fingerprint density at radius 3 is 2.39 bits per heavy atom. The van der Waals surface area contributed by atoms with Gasteiger partial charge in [-0.15, -0.1) is 6.58 Å². The van der Waals surface area contributed by atoms with Gasteiger partial charge < -0.3 is 4.90 Å². The fourth-order valence-corrected chi connectivity index (χ4v) is 4.65. The van der Waals surface area contributed by atoms with Gasteiger partial charge in [0.15, 0.2) is 0 Å². The lowest BCUT2D eigenvalue weighted by molar-refractivity contribution is 0.0628. The highest BCUT2D eigenvalue weighted by Gasteiger charge is 2.23. The molecule has 6 nitrogen and oxygen atoms in total. The Hall–Kier alpha value is -2.48. The molecule has 2 aromatic rings. The number of carbonyl (C=O) groups is 1. The highest BCUT2D eigenvalue weighted by molar-refractivity contribution is 7.89. The number of amides is 1. The minimum absolute atomic E-state index is 0.0867. The van der Waals surface area contributed by atoms with Gasteiger partial charge in [0, 0.05) is 44.8 Å². The third-order valence-electron chi connectivity index (χ3n) is 5.52. The topological polar surface area (TPSA) is 69.7 Å². The summed E-state index contributed by atoms with van der Waals surface area (Å²) in [5, 5.41) is 0. The van der Waals surface area contributed by atoms with Gasteiger partial charge in [-0.3, -0.25) is 9.69 Å². The number of sulfonamides is 1. The van der Waals surface area contributed by atoms with Crippen LogP contribution in [0.3, 0.4) is 0 Å². The molecule has 0 saturated carbocycles. The summed E-state index contributed by atoms with van der Waals surface area (Å²) >= 11 is 0. The first-order chi connectivity index (χ1) is 14.8. The van der Waals surface area contributed by atoms with Gasteiger partial charge in [-0.25, -0.2) is 13.1 Å². The Morgan fingerprint density at radius 2 is 1.77 bits per heavy atom. The molecule has 1 fully saturated rings. The van der Waals surface area contributed by atoms with Crippen molar-refractivity contribution in [2.45, 2.75) is 31.2 Å². The quantitative estimate of drug-likeness (QED) is 0.639. The summed E-state index contributed by atoms with van der Waals surface area (Å²) in [5.41, 5.74) is 3.00. The zero-order valence-electron chi connectivity index (χ0n) is 18.3. The van der Waals surface area contributed by atoms with E-state index in [2.05, 4.69) is 54.3 Å². The van der Waals surface area contributed by atoms with Crippen molar-refractivity contribution in [3.8, 4) is 0 Å². The fraction of sp³-hybridized carbons (Fsp3) is 0.375. The van der Waals surface area contributed by atoms with Crippen LogP contribution < -0.4 is 4.72 Å². The van der Waals surface area contributed by atoms with Gasteiger partial charge in [-0.2, -0.15) is 0 Å². The van der Waals surface area contributed by atoms with Crippen LogP contribution in [-0.4, -0.2) is 56.8 Å². The summed E-state index contributed by atoms with van der Waals surface area (Å²) < 4.78 is 27.1. The second-order valence-electron chi connectivity index (χ2n) is 8.13. The molecule has 166 valence electrons. The zero-order chi connectivity index (χ0) is 22.4. The molecule has 1 amide bonds. The van der Waals surface area contributed by atoms with E-state index in [0.29, 0.717) is 24.6 Å². The molecular formula is C24H31N3O3S. The lowest BCUT2D eigenvalue weighted by Gasteiger charge is -2.35. The monoisotopic (exact) mass is 441 g/mol. The zero-order valence-corrected chi connectivity index (χ0v) is 19.1. The van der Waals surface area contributed by atoms with Crippen molar-refractivity contribution >= 4 is 15.9 Å². The summed E-state index contributed by atoms with van der Waals surface area (Å²) in [5.74, 6) is 0.386. The number of nitrogens with one attached hydrogen (secondary N) is 1. The molecule has 7 heteroatoms. The first-order valence-corrected chi connectivity index (χ1v) is 12.1. The van der Waals surface area contributed by atoms with Crippen molar-refractivity contribution in [1.82, 2.24) is 14.5 Å². The molecule has 0 unspecified atom stereocenters. The predicted octanol–water partition coefficient (Wildman–Crippen LogP) is 3.23. The third-order valence-corrected chi connectivity index (χ3v) is 6.94. The van der Waals surface area contributed by atoms with Crippen molar-refractivity contribution in [2.24, 2.45) is 0 Å². The molecule has 0 aromatic heterocycles. The Labute approximate surface area is 185 Å². The van der Waals surface area contributed by atoms with E-state index in [9.17, 15) is 13.2 Å². The van der Waals surface area contributed by atoms with Crippen molar-refractivity contribution in [3.63, 3.8) is 0 Å². The minimum atomic E-state index is -3.66. The molecule has 0 bridgehead atoms. The van der Waals surface area contributed by atoms with E-state index < -0.39 is 10.0 Å². The standard InChI is InChI=1S/C24H31N3O3S/c1-4-12-25-31(29,30)23-7-5-6-22(17-23)24(28)27-15-13-26(14-16-27)18-20-8-10-21(11-9-20)19(2)3/h4-11,17,19,25H,1,12-16,18H2,2-3H3. The smallest absolute Gasteiger partial charge is 0.253 e. The maximum absolute atomic E-state index is 12.9. The van der Waals surface area contributed by atoms with E-state index >= 15 is 0 Å². The number of carbonyl (C=O) groups excluding carboxylic acids is 1. The average molecular weight is 442 g/mol. The van der Waals surface area contributed by atoms with Crippen LogP contribution in [0.15, 0.2) is 66.1 Å².